The third-order valence-corrected chi connectivity index (χ3v) is 7.27. The number of hydrogen-bond acceptors (Lipinski definition) is 13. The van der Waals surface area contributed by atoms with Crippen LogP contribution in [0.25, 0.3) is 11.2 Å². The van der Waals surface area contributed by atoms with Gasteiger partial charge in [0.1, 0.15) is 23.9 Å². The van der Waals surface area contributed by atoms with Gasteiger partial charge in [-0.15, -0.1) is 0 Å². The number of nitrogen functional groups attached to an aromatic ring is 1. The Morgan fingerprint density at radius 1 is 0.898 bits per heavy atom. The lowest BCUT2D eigenvalue weighted by Crippen LogP contribution is -2.53. The maximum atomic E-state index is 12.7. The minimum absolute atomic E-state index is 0.0286. The van der Waals surface area contributed by atoms with Crippen LogP contribution in [-0.2, 0) is 30.5 Å². The molecule has 3 aromatic rings. The van der Waals surface area contributed by atoms with E-state index in [4.69, 9.17) is 16.6 Å². The molecule has 3 rings (SSSR count). The third-order valence-electron chi connectivity index (χ3n) is 7.27. The molecule has 0 saturated heterocycles. The SMILES string of the molecule is CCC(NC(=O)C(C)NC(=O)C(N)CCC(=O)CCC(NC(=O)c1ccc(NCc2cnc3nc(N)[nH]c(=O)c3n2)cc1)C(=O)O)C(=O)O. The second-order valence-corrected chi connectivity index (χ2v) is 11.0. The quantitative estimate of drug-likeness (QED) is 0.0779. The topological polar surface area (TPSA) is 315 Å². The molecule has 0 aliphatic heterocycles. The van der Waals surface area contributed by atoms with Crippen LogP contribution in [-0.4, -0.2) is 89.8 Å². The number of carboxylic acids is 2. The predicted octanol–water partition coefficient (Wildman–Crippen LogP) is -0.969. The lowest BCUT2D eigenvalue weighted by atomic mass is 10.0. The summed E-state index contributed by atoms with van der Waals surface area (Å²) in [5, 5.41) is 28.8. The third kappa shape index (κ3) is 11.1. The first kappa shape index (κ1) is 37.5. The van der Waals surface area contributed by atoms with E-state index >= 15 is 0 Å². The maximum Gasteiger partial charge on any atom is 0.326 e. The zero-order valence-corrected chi connectivity index (χ0v) is 26.7. The van der Waals surface area contributed by atoms with Crippen molar-refractivity contribution in [1.82, 2.24) is 35.9 Å². The number of ketones is 1. The number of nitrogens with one attached hydrogen (secondary N) is 5. The van der Waals surface area contributed by atoms with Gasteiger partial charge in [0.2, 0.25) is 17.8 Å². The fourth-order valence-corrected chi connectivity index (χ4v) is 4.39. The highest BCUT2D eigenvalue weighted by molar-refractivity contribution is 5.97. The highest BCUT2D eigenvalue weighted by Gasteiger charge is 2.25. The largest absolute Gasteiger partial charge is 0.480 e. The van der Waals surface area contributed by atoms with Crippen LogP contribution in [0.4, 0.5) is 11.6 Å². The van der Waals surface area contributed by atoms with Crippen molar-refractivity contribution in [2.45, 2.75) is 76.7 Å². The number of Topliss-reactive ketones (excluding diaryl/α,β-unsaturated/α-hetero) is 1. The number of anilines is 2. The lowest BCUT2D eigenvalue weighted by Gasteiger charge is -2.19. The number of benzene rings is 1. The first-order chi connectivity index (χ1) is 23.2. The Bertz CT molecular complexity index is 1760. The van der Waals surface area contributed by atoms with Crippen LogP contribution >= 0.6 is 0 Å². The van der Waals surface area contributed by atoms with Gasteiger partial charge in [-0.05, 0) is 50.5 Å². The zero-order valence-electron chi connectivity index (χ0n) is 26.7. The van der Waals surface area contributed by atoms with Crippen molar-refractivity contribution in [3.05, 3.63) is 52.1 Å². The van der Waals surface area contributed by atoms with Crippen LogP contribution in [0.2, 0.25) is 0 Å². The fraction of sp³-hybridized carbons (Fsp3) is 0.400. The van der Waals surface area contributed by atoms with E-state index in [1.54, 1.807) is 19.1 Å². The number of carboxylic acid groups (broad SMARTS) is 2. The second kappa shape index (κ2) is 17.3. The smallest absolute Gasteiger partial charge is 0.326 e. The van der Waals surface area contributed by atoms with Crippen LogP contribution in [0, 0.1) is 0 Å². The molecule has 2 aromatic heterocycles. The van der Waals surface area contributed by atoms with E-state index < -0.39 is 65.2 Å². The van der Waals surface area contributed by atoms with Gasteiger partial charge in [-0.2, -0.15) is 4.98 Å². The number of H-pyrrole nitrogens is 1. The van der Waals surface area contributed by atoms with Gasteiger partial charge in [0.05, 0.1) is 24.5 Å². The number of carbonyl (C=O) groups excluding carboxylic acids is 4. The second-order valence-electron chi connectivity index (χ2n) is 11.0. The molecule has 4 unspecified atom stereocenters. The van der Waals surface area contributed by atoms with Gasteiger partial charge < -0.3 is 42.9 Å². The number of aliphatic carboxylic acids is 2. The standard InChI is InChI=1S/C30H38N10O9/c1-3-20(28(46)47)37-24(42)14(2)35-26(44)19(31)10-8-18(41)9-11-21(29(48)49)38-25(43)15-4-6-16(7-5-15)33-12-17-13-34-23-22(36-17)27(45)40-30(32)39-23/h4-7,13-14,19-21,33H,3,8-12,31H2,1-2H3,(H,35,44)(H,37,42)(H,38,43)(H,46,47)(H,48,49)(H3,32,34,39,40,45). The molecule has 262 valence electrons. The molecular formula is C30H38N10O9. The maximum absolute atomic E-state index is 12.7. The molecule has 0 spiro atoms. The van der Waals surface area contributed by atoms with Crippen LogP contribution < -0.4 is 38.3 Å². The minimum atomic E-state index is -1.37. The van der Waals surface area contributed by atoms with Crippen molar-refractivity contribution in [2.75, 3.05) is 11.1 Å². The van der Waals surface area contributed by atoms with Crippen LogP contribution in [0.15, 0.2) is 35.3 Å². The molecule has 1 aromatic carbocycles. The van der Waals surface area contributed by atoms with Gasteiger partial charge in [0.15, 0.2) is 11.2 Å². The Morgan fingerprint density at radius 3 is 2.18 bits per heavy atom. The van der Waals surface area contributed by atoms with E-state index in [2.05, 4.69) is 41.2 Å². The van der Waals surface area contributed by atoms with Gasteiger partial charge in [-0.3, -0.25) is 29.0 Å². The van der Waals surface area contributed by atoms with Crippen LogP contribution in [0.3, 0.4) is 0 Å². The van der Waals surface area contributed by atoms with E-state index in [0.717, 1.165) is 0 Å². The number of nitrogens with two attached hydrogens (primary N) is 2. The first-order valence-electron chi connectivity index (χ1n) is 15.2. The number of aromatic nitrogens is 4. The molecule has 0 saturated carbocycles. The van der Waals surface area contributed by atoms with Gasteiger partial charge >= 0.3 is 11.9 Å². The van der Waals surface area contributed by atoms with Crippen molar-refractivity contribution in [3.63, 3.8) is 0 Å². The average molecular weight is 683 g/mol. The number of amides is 3. The van der Waals surface area contributed by atoms with Gasteiger partial charge in [0, 0.05) is 24.1 Å². The highest BCUT2D eigenvalue weighted by Crippen LogP contribution is 2.13. The molecule has 0 fully saturated rings. The van der Waals surface area contributed by atoms with Crippen LogP contribution in [0.1, 0.15) is 62.0 Å². The van der Waals surface area contributed by atoms with Crippen LogP contribution in [0.5, 0.6) is 0 Å². The summed E-state index contributed by atoms with van der Waals surface area (Å²) in [6.07, 6.45) is 0.907. The number of rotatable bonds is 18. The molecular weight excluding hydrogens is 644 g/mol. The summed E-state index contributed by atoms with van der Waals surface area (Å²) < 4.78 is 0. The molecule has 4 atom stereocenters. The molecule has 0 bridgehead atoms. The predicted molar refractivity (Wildman–Crippen MR) is 174 cm³/mol. The Balaban J connectivity index is 1.44. The first-order valence-corrected chi connectivity index (χ1v) is 15.2. The number of fused-ring (bicyclic) bond motifs is 1. The molecule has 0 aliphatic rings. The Hall–Kier alpha value is -5.98. The molecule has 49 heavy (non-hydrogen) atoms. The van der Waals surface area contributed by atoms with E-state index in [1.165, 1.54) is 25.3 Å². The molecule has 2 heterocycles. The van der Waals surface area contributed by atoms with Gasteiger partial charge in [0.25, 0.3) is 11.5 Å². The number of nitrogens with zero attached hydrogens (tertiary/aromatic N) is 3. The number of hydrogen-bond donors (Lipinski definition) is 9. The summed E-state index contributed by atoms with van der Waals surface area (Å²) in [5.41, 5.74) is 12.2. The summed E-state index contributed by atoms with van der Waals surface area (Å²) in [4.78, 5) is 99.3. The van der Waals surface area contributed by atoms with Gasteiger partial charge in [-0.25, -0.2) is 19.6 Å². The molecule has 19 heteroatoms. The molecule has 11 N–H and O–H groups in total. The monoisotopic (exact) mass is 682 g/mol. The Labute approximate surface area is 278 Å². The highest BCUT2D eigenvalue weighted by atomic mass is 16.4. The molecule has 19 nitrogen and oxygen atoms in total. The number of carbonyl (C=O) groups is 6. The summed E-state index contributed by atoms with van der Waals surface area (Å²) in [7, 11) is 0. The minimum Gasteiger partial charge on any atom is -0.480 e. The lowest BCUT2D eigenvalue weighted by molar-refractivity contribution is -0.142. The van der Waals surface area contributed by atoms with E-state index in [-0.39, 0.29) is 61.3 Å². The molecule has 0 radical (unpaired) electrons. The molecule has 3 amide bonds. The van der Waals surface area contributed by atoms with Crippen molar-refractivity contribution in [2.24, 2.45) is 5.73 Å². The van der Waals surface area contributed by atoms with E-state index in [0.29, 0.717) is 11.4 Å². The average Bonchev–Trinajstić information content (AvgIpc) is 3.06. The normalized spacial score (nSPS) is 13.4. The van der Waals surface area contributed by atoms with Gasteiger partial charge in [-0.1, -0.05) is 6.92 Å². The fourth-order valence-electron chi connectivity index (χ4n) is 4.39. The van der Waals surface area contributed by atoms with E-state index in [1.807, 2.05) is 0 Å². The Morgan fingerprint density at radius 2 is 1.55 bits per heavy atom. The summed E-state index contributed by atoms with van der Waals surface area (Å²) >= 11 is 0. The number of aromatic amines is 1. The van der Waals surface area contributed by atoms with Crippen molar-refractivity contribution < 1.29 is 39.0 Å². The Kier molecular flexibility index (Phi) is 13.2. The molecule has 0 aliphatic carbocycles. The summed E-state index contributed by atoms with van der Waals surface area (Å²) in [6, 6.07) is 1.39. The zero-order chi connectivity index (χ0) is 36.2. The summed E-state index contributed by atoms with van der Waals surface area (Å²) in [5.74, 6) is -5.14. The van der Waals surface area contributed by atoms with Crippen molar-refractivity contribution >= 4 is 58.2 Å². The summed E-state index contributed by atoms with van der Waals surface area (Å²) in [6.45, 7) is 3.12. The van der Waals surface area contributed by atoms with Crippen molar-refractivity contribution in [1.29, 1.82) is 0 Å². The van der Waals surface area contributed by atoms with E-state index in [9.17, 15) is 38.7 Å². The van der Waals surface area contributed by atoms with Crippen molar-refractivity contribution in [3.8, 4) is 0 Å².